The molecule has 0 aliphatic rings. The summed E-state index contributed by atoms with van der Waals surface area (Å²) in [6.45, 7) is 2.84. The minimum absolute atomic E-state index is 0.154. The van der Waals surface area contributed by atoms with Gasteiger partial charge in [0.15, 0.2) is 5.58 Å². The van der Waals surface area contributed by atoms with Crippen LogP contribution in [0.3, 0.4) is 0 Å². The van der Waals surface area contributed by atoms with Crippen molar-refractivity contribution in [3.05, 3.63) is 34.8 Å². The standard InChI is InChI=1S/C15H19NO4/c1-2-19-14(17)10-4-3-7-11-16-12-8-5-6-9-13(12)20-15(16)18/h5-6,8-9H,2-4,7,10-11H2,1H3. The first-order chi connectivity index (χ1) is 9.72. The number of carbonyl (C=O) groups excluding carboxylic acids is 1. The van der Waals surface area contributed by atoms with Gasteiger partial charge >= 0.3 is 11.7 Å². The molecule has 0 radical (unpaired) electrons. The average Bonchev–Trinajstić information content (AvgIpc) is 2.75. The molecular formula is C15H19NO4. The van der Waals surface area contributed by atoms with Crippen molar-refractivity contribution in [2.45, 2.75) is 39.2 Å². The second-order valence-corrected chi connectivity index (χ2v) is 4.60. The van der Waals surface area contributed by atoms with Crippen LogP contribution in [-0.2, 0) is 16.1 Å². The predicted octanol–water partition coefficient (Wildman–Crippen LogP) is 2.72. The summed E-state index contributed by atoms with van der Waals surface area (Å²) < 4.78 is 11.7. The highest BCUT2D eigenvalue weighted by molar-refractivity contribution is 5.72. The van der Waals surface area contributed by atoms with E-state index >= 15 is 0 Å². The van der Waals surface area contributed by atoms with E-state index in [1.165, 1.54) is 0 Å². The summed E-state index contributed by atoms with van der Waals surface area (Å²) in [6, 6.07) is 7.39. The number of aryl methyl sites for hydroxylation is 1. The fourth-order valence-corrected chi connectivity index (χ4v) is 2.17. The van der Waals surface area contributed by atoms with E-state index in [-0.39, 0.29) is 11.7 Å². The molecule has 0 N–H and O–H groups in total. The maximum Gasteiger partial charge on any atom is 0.419 e. The first kappa shape index (κ1) is 14.4. The summed E-state index contributed by atoms with van der Waals surface area (Å²) in [6.07, 6.45) is 2.94. The van der Waals surface area contributed by atoms with Crippen molar-refractivity contribution in [2.24, 2.45) is 0 Å². The van der Waals surface area contributed by atoms with Crippen LogP contribution in [0.1, 0.15) is 32.6 Å². The van der Waals surface area contributed by atoms with Crippen molar-refractivity contribution in [2.75, 3.05) is 6.61 Å². The van der Waals surface area contributed by atoms with Gasteiger partial charge in [-0.2, -0.15) is 0 Å². The number of fused-ring (bicyclic) bond motifs is 1. The summed E-state index contributed by atoms with van der Waals surface area (Å²) in [4.78, 5) is 22.9. The number of rotatable bonds is 7. The molecule has 0 unspecified atom stereocenters. The average molecular weight is 277 g/mol. The van der Waals surface area contributed by atoms with Crippen molar-refractivity contribution in [1.29, 1.82) is 0 Å². The van der Waals surface area contributed by atoms with Crippen molar-refractivity contribution in [1.82, 2.24) is 4.57 Å². The van der Waals surface area contributed by atoms with Crippen molar-refractivity contribution >= 4 is 17.1 Å². The normalized spacial score (nSPS) is 10.8. The summed E-state index contributed by atoms with van der Waals surface area (Å²) in [5, 5.41) is 0. The predicted molar refractivity (Wildman–Crippen MR) is 75.6 cm³/mol. The number of ether oxygens (including phenoxy) is 1. The molecule has 0 fully saturated rings. The Kier molecular flexibility index (Phi) is 4.98. The quantitative estimate of drug-likeness (QED) is 0.576. The third-order valence-corrected chi connectivity index (χ3v) is 3.14. The van der Waals surface area contributed by atoms with Crippen LogP contribution in [0.5, 0.6) is 0 Å². The molecule has 5 nitrogen and oxygen atoms in total. The SMILES string of the molecule is CCOC(=O)CCCCCn1c(=O)oc2ccccc21. The molecule has 0 amide bonds. The van der Waals surface area contributed by atoms with Gasteiger partial charge in [0, 0.05) is 13.0 Å². The van der Waals surface area contributed by atoms with E-state index in [9.17, 15) is 9.59 Å². The Bertz CT molecular complexity index is 626. The number of para-hydroxylation sites is 2. The minimum Gasteiger partial charge on any atom is -0.466 e. The monoisotopic (exact) mass is 277 g/mol. The Balaban J connectivity index is 1.83. The molecule has 108 valence electrons. The molecule has 2 aromatic rings. The van der Waals surface area contributed by atoms with E-state index in [1.807, 2.05) is 18.2 Å². The number of benzene rings is 1. The van der Waals surface area contributed by atoms with Gasteiger partial charge in [0.1, 0.15) is 0 Å². The third-order valence-electron chi connectivity index (χ3n) is 3.14. The number of carbonyl (C=O) groups is 1. The van der Waals surface area contributed by atoms with Crippen LogP contribution in [0, 0.1) is 0 Å². The lowest BCUT2D eigenvalue weighted by Crippen LogP contribution is -2.14. The van der Waals surface area contributed by atoms with Gasteiger partial charge in [0.05, 0.1) is 12.1 Å². The maximum atomic E-state index is 11.7. The Hall–Kier alpha value is -2.04. The third kappa shape index (κ3) is 3.50. The number of unbranched alkanes of at least 4 members (excludes halogenated alkanes) is 2. The zero-order chi connectivity index (χ0) is 14.4. The summed E-state index contributed by atoms with van der Waals surface area (Å²) in [5.41, 5.74) is 1.44. The Morgan fingerprint density at radius 1 is 1.25 bits per heavy atom. The van der Waals surface area contributed by atoms with Crippen LogP contribution in [0.4, 0.5) is 0 Å². The van der Waals surface area contributed by atoms with Crippen LogP contribution in [0.15, 0.2) is 33.5 Å². The number of aromatic nitrogens is 1. The van der Waals surface area contributed by atoms with Crippen LogP contribution >= 0.6 is 0 Å². The minimum atomic E-state index is -0.323. The number of nitrogens with zero attached hydrogens (tertiary/aromatic N) is 1. The van der Waals surface area contributed by atoms with Gasteiger partial charge in [-0.15, -0.1) is 0 Å². The van der Waals surface area contributed by atoms with Gasteiger partial charge < -0.3 is 9.15 Å². The molecule has 0 saturated heterocycles. The van der Waals surface area contributed by atoms with Gasteiger partial charge in [-0.25, -0.2) is 4.79 Å². The second-order valence-electron chi connectivity index (χ2n) is 4.60. The highest BCUT2D eigenvalue weighted by Gasteiger charge is 2.08. The van der Waals surface area contributed by atoms with Gasteiger partial charge in [0.2, 0.25) is 0 Å². The topological polar surface area (TPSA) is 61.4 Å². The van der Waals surface area contributed by atoms with Crippen molar-refractivity contribution in [3.63, 3.8) is 0 Å². The molecule has 0 saturated carbocycles. The van der Waals surface area contributed by atoms with Gasteiger partial charge in [0.25, 0.3) is 0 Å². The number of hydrogen-bond acceptors (Lipinski definition) is 4. The Labute approximate surface area is 117 Å². The molecule has 1 heterocycles. The number of hydrogen-bond donors (Lipinski definition) is 0. The van der Waals surface area contributed by atoms with E-state index in [2.05, 4.69) is 0 Å². The summed E-state index contributed by atoms with van der Waals surface area (Å²) in [7, 11) is 0. The molecule has 5 heteroatoms. The molecule has 0 aliphatic heterocycles. The molecule has 1 aromatic heterocycles. The number of oxazole rings is 1. The second kappa shape index (κ2) is 6.93. The van der Waals surface area contributed by atoms with E-state index in [0.29, 0.717) is 25.2 Å². The highest BCUT2D eigenvalue weighted by Crippen LogP contribution is 2.13. The summed E-state index contributed by atoms with van der Waals surface area (Å²) >= 11 is 0. The van der Waals surface area contributed by atoms with E-state index in [0.717, 1.165) is 24.8 Å². The van der Waals surface area contributed by atoms with Gasteiger partial charge in [-0.05, 0) is 31.9 Å². The molecular weight excluding hydrogens is 258 g/mol. The zero-order valence-electron chi connectivity index (χ0n) is 11.6. The Morgan fingerprint density at radius 2 is 2.05 bits per heavy atom. The largest absolute Gasteiger partial charge is 0.466 e. The first-order valence-electron chi connectivity index (χ1n) is 6.96. The van der Waals surface area contributed by atoms with Crippen LogP contribution in [-0.4, -0.2) is 17.1 Å². The summed E-state index contributed by atoms with van der Waals surface area (Å²) in [5.74, 6) is -0.477. The molecule has 0 spiro atoms. The van der Waals surface area contributed by atoms with E-state index in [1.54, 1.807) is 17.6 Å². The molecule has 0 bridgehead atoms. The molecule has 20 heavy (non-hydrogen) atoms. The maximum absolute atomic E-state index is 11.7. The van der Waals surface area contributed by atoms with Crippen LogP contribution in [0.25, 0.3) is 11.1 Å². The lowest BCUT2D eigenvalue weighted by molar-refractivity contribution is -0.143. The fraction of sp³-hybridized carbons (Fsp3) is 0.467. The van der Waals surface area contributed by atoms with E-state index in [4.69, 9.17) is 9.15 Å². The van der Waals surface area contributed by atoms with Crippen LogP contribution < -0.4 is 5.76 Å². The van der Waals surface area contributed by atoms with Crippen molar-refractivity contribution in [3.8, 4) is 0 Å². The van der Waals surface area contributed by atoms with E-state index < -0.39 is 0 Å². The van der Waals surface area contributed by atoms with Crippen LogP contribution in [0.2, 0.25) is 0 Å². The lowest BCUT2D eigenvalue weighted by atomic mass is 10.2. The van der Waals surface area contributed by atoms with Gasteiger partial charge in [-0.3, -0.25) is 9.36 Å². The Morgan fingerprint density at radius 3 is 2.85 bits per heavy atom. The fourth-order valence-electron chi connectivity index (χ4n) is 2.17. The lowest BCUT2D eigenvalue weighted by Gasteiger charge is -2.03. The molecule has 0 atom stereocenters. The smallest absolute Gasteiger partial charge is 0.419 e. The molecule has 1 aromatic carbocycles. The highest BCUT2D eigenvalue weighted by atomic mass is 16.5. The molecule has 0 aliphatic carbocycles. The van der Waals surface area contributed by atoms with Crippen molar-refractivity contribution < 1.29 is 13.9 Å². The first-order valence-corrected chi connectivity index (χ1v) is 6.96. The number of esters is 1. The zero-order valence-corrected chi connectivity index (χ0v) is 11.6. The van der Waals surface area contributed by atoms with Gasteiger partial charge in [-0.1, -0.05) is 18.6 Å². The molecule has 2 rings (SSSR count).